The Balaban J connectivity index is 2.87. The van der Waals surface area contributed by atoms with Crippen molar-refractivity contribution in [3.05, 3.63) is 42.2 Å². The van der Waals surface area contributed by atoms with Crippen LogP contribution in [0.2, 0.25) is 0 Å². The second-order valence-electron chi connectivity index (χ2n) is 3.76. The Labute approximate surface area is 96.1 Å². The van der Waals surface area contributed by atoms with Gasteiger partial charge < -0.3 is 10.1 Å². The quantitative estimate of drug-likeness (QED) is 0.775. The molecule has 0 heterocycles. The number of hydrogen-bond acceptors (Lipinski definition) is 2. The van der Waals surface area contributed by atoms with Gasteiger partial charge in [0.15, 0.2) is 11.6 Å². The molecule has 16 heavy (non-hydrogen) atoms. The molecule has 0 aliphatic heterocycles. The third-order valence-corrected chi connectivity index (χ3v) is 2.53. The average Bonchev–Trinajstić information content (AvgIpc) is 2.30. The summed E-state index contributed by atoms with van der Waals surface area (Å²) in [4.78, 5) is 0. The summed E-state index contributed by atoms with van der Waals surface area (Å²) in [7, 11) is 1.84. The van der Waals surface area contributed by atoms with Gasteiger partial charge in [0.2, 0.25) is 0 Å². The fourth-order valence-electron chi connectivity index (χ4n) is 1.30. The summed E-state index contributed by atoms with van der Waals surface area (Å²) in [6.45, 7) is 7.38. The number of nitrogens with one attached hydrogen (secondary N) is 1. The van der Waals surface area contributed by atoms with E-state index >= 15 is 0 Å². The van der Waals surface area contributed by atoms with Gasteiger partial charge in [0, 0.05) is 6.04 Å². The smallest absolute Gasteiger partial charge is 0.165 e. The molecule has 3 heteroatoms. The molecule has 1 rings (SSSR count). The van der Waals surface area contributed by atoms with Gasteiger partial charge in [-0.2, -0.15) is 0 Å². The van der Waals surface area contributed by atoms with Crippen molar-refractivity contribution >= 4 is 0 Å². The Morgan fingerprint density at radius 1 is 1.44 bits per heavy atom. The number of benzene rings is 1. The largest absolute Gasteiger partial charge is 0.484 e. The lowest BCUT2D eigenvalue weighted by Crippen LogP contribution is -2.13. The van der Waals surface area contributed by atoms with Crippen molar-refractivity contribution in [3.8, 4) is 5.75 Å². The molecule has 1 aromatic carbocycles. The fourth-order valence-corrected chi connectivity index (χ4v) is 1.30. The van der Waals surface area contributed by atoms with Crippen LogP contribution in [0.1, 0.15) is 25.5 Å². The van der Waals surface area contributed by atoms with Gasteiger partial charge in [0.25, 0.3) is 0 Å². The van der Waals surface area contributed by atoms with E-state index in [4.69, 9.17) is 4.74 Å². The molecular weight excluding hydrogens is 205 g/mol. The van der Waals surface area contributed by atoms with Gasteiger partial charge in [0.05, 0.1) is 0 Å². The maximum Gasteiger partial charge on any atom is 0.165 e. The van der Waals surface area contributed by atoms with E-state index in [0.717, 1.165) is 5.56 Å². The van der Waals surface area contributed by atoms with Crippen LogP contribution in [-0.4, -0.2) is 13.2 Å². The Hall–Kier alpha value is -1.35. The highest BCUT2D eigenvalue weighted by atomic mass is 19.1. The van der Waals surface area contributed by atoms with Crippen LogP contribution in [-0.2, 0) is 0 Å². The van der Waals surface area contributed by atoms with Crippen LogP contribution < -0.4 is 10.1 Å². The molecule has 0 aliphatic carbocycles. The second-order valence-corrected chi connectivity index (χ2v) is 3.76. The number of ether oxygens (including phenoxy) is 1. The topological polar surface area (TPSA) is 21.3 Å². The summed E-state index contributed by atoms with van der Waals surface area (Å²) in [5.74, 6) is -0.0762. The lowest BCUT2D eigenvalue weighted by molar-refractivity contribution is 0.257. The van der Waals surface area contributed by atoms with E-state index < -0.39 is 0 Å². The minimum atomic E-state index is -0.340. The van der Waals surface area contributed by atoms with Crippen LogP contribution in [0.25, 0.3) is 0 Å². The molecule has 1 N–H and O–H groups in total. The number of rotatable bonds is 5. The van der Waals surface area contributed by atoms with Crippen LogP contribution >= 0.6 is 0 Å². The molecular formula is C13H18FNO. The molecule has 2 unspecified atom stereocenters. The van der Waals surface area contributed by atoms with Gasteiger partial charge in [-0.25, -0.2) is 4.39 Å². The highest BCUT2D eigenvalue weighted by molar-refractivity contribution is 5.31. The van der Waals surface area contributed by atoms with Crippen molar-refractivity contribution in [1.82, 2.24) is 5.32 Å². The van der Waals surface area contributed by atoms with E-state index in [-0.39, 0.29) is 23.7 Å². The Kier molecular flexibility index (Phi) is 4.50. The molecule has 0 bridgehead atoms. The molecule has 1 aromatic rings. The summed E-state index contributed by atoms with van der Waals surface area (Å²) in [5.41, 5.74) is 0.901. The van der Waals surface area contributed by atoms with Gasteiger partial charge in [-0.05, 0) is 38.6 Å². The molecule has 0 spiro atoms. The minimum absolute atomic E-state index is 0.125. The van der Waals surface area contributed by atoms with Crippen LogP contribution in [0.3, 0.4) is 0 Å². The van der Waals surface area contributed by atoms with Crippen LogP contribution in [0.5, 0.6) is 5.75 Å². The molecule has 0 fully saturated rings. The first-order valence-electron chi connectivity index (χ1n) is 5.34. The van der Waals surface area contributed by atoms with Gasteiger partial charge in [0.1, 0.15) is 6.10 Å². The summed E-state index contributed by atoms with van der Waals surface area (Å²) in [6.07, 6.45) is 1.44. The average molecular weight is 223 g/mol. The van der Waals surface area contributed by atoms with Crippen molar-refractivity contribution < 1.29 is 9.13 Å². The van der Waals surface area contributed by atoms with E-state index in [1.165, 1.54) is 6.07 Å². The SMILES string of the molecule is C=CC(C)Oc1ccc(C(C)NC)cc1F. The monoisotopic (exact) mass is 223 g/mol. The second kappa shape index (κ2) is 5.66. The lowest BCUT2D eigenvalue weighted by Gasteiger charge is -2.14. The van der Waals surface area contributed by atoms with Gasteiger partial charge in [-0.15, -0.1) is 0 Å². The zero-order valence-corrected chi connectivity index (χ0v) is 9.96. The summed E-state index contributed by atoms with van der Waals surface area (Å²) in [6, 6.07) is 5.13. The van der Waals surface area contributed by atoms with E-state index in [2.05, 4.69) is 11.9 Å². The molecule has 88 valence electrons. The van der Waals surface area contributed by atoms with Crippen LogP contribution in [0.15, 0.2) is 30.9 Å². The van der Waals surface area contributed by atoms with Crippen molar-refractivity contribution in [3.63, 3.8) is 0 Å². The van der Waals surface area contributed by atoms with E-state index in [9.17, 15) is 4.39 Å². The van der Waals surface area contributed by atoms with Crippen molar-refractivity contribution in [1.29, 1.82) is 0 Å². The maximum absolute atomic E-state index is 13.7. The Bertz CT molecular complexity index is 365. The highest BCUT2D eigenvalue weighted by Crippen LogP contribution is 2.22. The first-order chi connectivity index (χ1) is 7.58. The zero-order chi connectivity index (χ0) is 12.1. The summed E-state index contributed by atoms with van der Waals surface area (Å²) < 4.78 is 19.0. The van der Waals surface area contributed by atoms with E-state index in [0.29, 0.717) is 0 Å². The third-order valence-electron chi connectivity index (χ3n) is 2.53. The molecule has 0 radical (unpaired) electrons. The van der Waals surface area contributed by atoms with Gasteiger partial charge in [-0.1, -0.05) is 18.7 Å². The van der Waals surface area contributed by atoms with Crippen LogP contribution in [0, 0.1) is 5.82 Å². The number of hydrogen-bond donors (Lipinski definition) is 1. The summed E-state index contributed by atoms with van der Waals surface area (Å²) >= 11 is 0. The summed E-state index contributed by atoms with van der Waals surface area (Å²) in [5, 5.41) is 3.06. The first kappa shape index (κ1) is 12.7. The van der Waals surface area contributed by atoms with Gasteiger partial charge >= 0.3 is 0 Å². The van der Waals surface area contributed by atoms with Crippen molar-refractivity contribution in [2.45, 2.75) is 26.0 Å². The van der Waals surface area contributed by atoms with Crippen molar-refractivity contribution in [2.24, 2.45) is 0 Å². The minimum Gasteiger partial charge on any atom is -0.484 e. The molecule has 0 amide bonds. The molecule has 0 aliphatic rings. The molecule has 0 saturated carbocycles. The van der Waals surface area contributed by atoms with E-state index in [1.807, 2.05) is 27.0 Å². The Morgan fingerprint density at radius 2 is 2.12 bits per heavy atom. The standard InChI is InChI=1S/C13H18FNO/c1-5-9(2)16-13-7-6-11(8-12(13)14)10(3)15-4/h5-10,15H,1H2,2-4H3. The molecule has 0 aromatic heterocycles. The van der Waals surface area contributed by atoms with Crippen molar-refractivity contribution in [2.75, 3.05) is 7.05 Å². The molecule has 0 saturated heterocycles. The molecule has 2 atom stereocenters. The highest BCUT2D eigenvalue weighted by Gasteiger charge is 2.09. The van der Waals surface area contributed by atoms with Crippen LogP contribution in [0.4, 0.5) is 4.39 Å². The number of halogens is 1. The fraction of sp³-hybridized carbons (Fsp3) is 0.385. The van der Waals surface area contributed by atoms with Gasteiger partial charge in [-0.3, -0.25) is 0 Å². The maximum atomic E-state index is 13.7. The lowest BCUT2D eigenvalue weighted by atomic mass is 10.1. The zero-order valence-electron chi connectivity index (χ0n) is 9.96. The van der Waals surface area contributed by atoms with E-state index in [1.54, 1.807) is 12.1 Å². The third kappa shape index (κ3) is 3.07. The predicted molar refractivity (Wildman–Crippen MR) is 64.2 cm³/mol. The Morgan fingerprint density at radius 3 is 2.62 bits per heavy atom. The molecule has 2 nitrogen and oxygen atoms in total. The first-order valence-corrected chi connectivity index (χ1v) is 5.34. The predicted octanol–water partition coefficient (Wildman–Crippen LogP) is 3.06. The normalized spacial score (nSPS) is 14.2.